The molecule has 3 rings (SSSR count). The summed E-state index contributed by atoms with van der Waals surface area (Å²) in [5.74, 6) is 0.779. The van der Waals surface area contributed by atoms with Crippen LogP contribution in [0.1, 0.15) is 5.56 Å². The van der Waals surface area contributed by atoms with E-state index < -0.39 is 0 Å². The average Bonchev–Trinajstić information content (AvgIpc) is 2.52. The highest BCUT2D eigenvalue weighted by atomic mass is 79.9. The van der Waals surface area contributed by atoms with E-state index in [4.69, 9.17) is 4.74 Å². The number of nitrogens with zero attached hydrogens (tertiary/aromatic N) is 1. The second-order valence-electron chi connectivity index (χ2n) is 4.77. The molecule has 0 aliphatic rings. The molecule has 0 unspecified atom stereocenters. The first kappa shape index (κ1) is 13.9. The van der Waals surface area contributed by atoms with Crippen molar-refractivity contribution in [3.05, 3.63) is 75.0 Å². The minimum Gasteiger partial charge on any atom is -0.497 e. The highest BCUT2D eigenvalue weighted by molar-refractivity contribution is 9.10. The quantitative estimate of drug-likeness (QED) is 0.723. The van der Waals surface area contributed by atoms with Crippen molar-refractivity contribution < 1.29 is 4.74 Å². The largest absolute Gasteiger partial charge is 0.497 e. The summed E-state index contributed by atoms with van der Waals surface area (Å²) in [6, 6.07) is 17.1. The average molecular weight is 344 g/mol. The zero-order valence-electron chi connectivity index (χ0n) is 11.5. The minimum atomic E-state index is -0.0107. The van der Waals surface area contributed by atoms with Crippen LogP contribution in [0.25, 0.3) is 10.9 Å². The van der Waals surface area contributed by atoms with Gasteiger partial charge in [0.15, 0.2) is 0 Å². The molecule has 0 fully saturated rings. The van der Waals surface area contributed by atoms with Crippen molar-refractivity contribution in [3.8, 4) is 5.75 Å². The molecule has 1 heterocycles. The van der Waals surface area contributed by atoms with Gasteiger partial charge in [-0.2, -0.15) is 0 Å². The van der Waals surface area contributed by atoms with E-state index in [9.17, 15) is 4.79 Å². The van der Waals surface area contributed by atoms with Gasteiger partial charge < -0.3 is 9.30 Å². The smallest absolute Gasteiger partial charge is 0.251 e. The Balaban J connectivity index is 2.14. The predicted molar refractivity (Wildman–Crippen MR) is 88.0 cm³/mol. The number of pyridine rings is 1. The molecule has 0 amide bonds. The Morgan fingerprint density at radius 1 is 1.10 bits per heavy atom. The van der Waals surface area contributed by atoms with Crippen LogP contribution in [0.3, 0.4) is 0 Å². The van der Waals surface area contributed by atoms with E-state index >= 15 is 0 Å². The zero-order valence-corrected chi connectivity index (χ0v) is 13.1. The molecule has 21 heavy (non-hydrogen) atoms. The SMILES string of the molecule is COc1ccc(Br)c(Cn2c(=O)ccc3ccccc32)c1. The van der Waals surface area contributed by atoms with Crippen molar-refractivity contribution in [3.63, 3.8) is 0 Å². The van der Waals surface area contributed by atoms with Crippen LogP contribution in [-0.4, -0.2) is 11.7 Å². The highest BCUT2D eigenvalue weighted by Gasteiger charge is 2.07. The maximum atomic E-state index is 12.2. The molecule has 2 aromatic carbocycles. The molecule has 0 bridgehead atoms. The number of rotatable bonds is 3. The molecular weight excluding hydrogens is 330 g/mol. The topological polar surface area (TPSA) is 31.2 Å². The van der Waals surface area contributed by atoms with Gasteiger partial charge in [0.25, 0.3) is 5.56 Å². The number of methoxy groups -OCH3 is 1. The Morgan fingerprint density at radius 3 is 2.71 bits per heavy atom. The summed E-state index contributed by atoms with van der Waals surface area (Å²) >= 11 is 3.53. The number of fused-ring (bicyclic) bond motifs is 1. The highest BCUT2D eigenvalue weighted by Crippen LogP contribution is 2.24. The zero-order chi connectivity index (χ0) is 14.8. The number of benzene rings is 2. The van der Waals surface area contributed by atoms with Crippen molar-refractivity contribution in [1.82, 2.24) is 4.57 Å². The number of hydrogen-bond donors (Lipinski definition) is 0. The van der Waals surface area contributed by atoms with E-state index in [1.807, 2.05) is 48.5 Å². The fraction of sp³-hybridized carbons (Fsp3) is 0.118. The van der Waals surface area contributed by atoms with Crippen molar-refractivity contribution in [2.75, 3.05) is 7.11 Å². The molecular formula is C17H14BrNO2. The van der Waals surface area contributed by atoms with E-state index in [1.54, 1.807) is 17.7 Å². The first-order valence-corrected chi connectivity index (χ1v) is 7.39. The van der Waals surface area contributed by atoms with Gasteiger partial charge in [-0.05, 0) is 41.3 Å². The first-order chi connectivity index (χ1) is 10.2. The molecule has 106 valence electrons. The number of para-hydroxylation sites is 1. The number of aromatic nitrogens is 1. The molecule has 0 saturated carbocycles. The summed E-state index contributed by atoms with van der Waals surface area (Å²) in [4.78, 5) is 12.2. The number of hydrogen-bond acceptors (Lipinski definition) is 2. The van der Waals surface area contributed by atoms with Gasteiger partial charge in [-0.3, -0.25) is 4.79 Å². The summed E-state index contributed by atoms with van der Waals surface area (Å²) in [5.41, 5.74) is 1.93. The second-order valence-corrected chi connectivity index (χ2v) is 5.63. The summed E-state index contributed by atoms with van der Waals surface area (Å²) in [6.07, 6.45) is 0. The third-order valence-electron chi connectivity index (χ3n) is 3.48. The van der Waals surface area contributed by atoms with Crippen LogP contribution in [0, 0.1) is 0 Å². The standard InChI is InChI=1S/C17H14BrNO2/c1-21-14-7-8-15(18)13(10-14)11-19-16-5-3-2-4-12(16)6-9-17(19)20/h2-10H,11H2,1H3. The number of ether oxygens (including phenoxy) is 1. The van der Waals surface area contributed by atoms with Gasteiger partial charge in [0.05, 0.1) is 19.2 Å². The Kier molecular flexibility index (Phi) is 3.80. The summed E-state index contributed by atoms with van der Waals surface area (Å²) in [7, 11) is 1.64. The van der Waals surface area contributed by atoms with Crippen LogP contribution in [0.15, 0.2) is 63.9 Å². The predicted octanol–water partition coefficient (Wildman–Crippen LogP) is 3.82. The number of halogens is 1. The summed E-state index contributed by atoms with van der Waals surface area (Å²) in [5, 5.41) is 1.05. The van der Waals surface area contributed by atoms with Gasteiger partial charge in [-0.15, -0.1) is 0 Å². The fourth-order valence-corrected chi connectivity index (χ4v) is 2.75. The van der Waals surface area contributed by atoms with Gasteiger partial charge in [-0.25, -0.2) is 0 Å². The first-order valence-electron chi connectivity index (χ1n) is 6.60. The Morgan fingerprint density at radius 2 is 1.90 bits per heavy atom. The molecule has 0 saturated heterocycles. The van der Waals surface area contributed by atoms with Crippen molar-refractivity contribution >= 4 is 26.8 Å². The van der Waals surface area contributed by atoms with Crippen molar-refractivity contribution in [1.29, 1.82) is 0 Å². The second kappa shape index (κ2) is 5.74. The minimum absolute atomic E-state index is 0.0107. The lowest BCUT2D eigenvalue weighted by molar-refractivity contribution is 0.414. The van der Waals surface area contributed by atoms with Gasteiger partial charge in [0, 0.05) is 10.5 Å². The molecule has 4 heteroatoms. The fourth-order valence-electron chi connectivity index (χ4n) is 2.38. The maximum Gasteiger partial charge on any atom is 0.251 e. The maximum absolute atomic E-state index is 12.2. The molecule has 1 aromatic heterocycles. The van der Waals surface area contributed by atoms with Crippen LogP contribution >= 0.6 is 15.9 Å². The van der Waals surface area contributed by atoms with Crippen LogP contribution in [-0.2, 0) is 6.54 Å². The third-order valence-corrected chi connectivity index (χ3v) is 4.25. The lowest BCUT2D eigenvalue weighted by Crippen LogP contribution is -2.20. The molecule has 0 N–H and O–H groups in total. The van der Waals surface area contributed by atoms with Gasteiger partial charge in [0.2, 0.25) is 0 Å². The van der Waals surface area contributed by atoms with Crippen LogP contribution < -0.4 is 10.3 Å². The normalized spacial score (nSPS) is 10.8. The summed E-state index contributed by atoms with van der Waals surface area (Å²) < 4.78 is 7.99. The lowest BCUT2D eigenvalue weighted by Gasteiger charge is -2.12. The molecule has 0 aliphatic carbocycles. The molecule has 0 aliphatic heterocycles. The summed E-state index contributed by atoms with van der Waals surface area (Å²) in [6.45, 7) is 0.498. The Hall–Kier alpha value is -2.07. The van der Waals surface area contributed by atoms with Crippen molar-refractivity contribution in [2.45, 2.75) is 6.54 Å². The van der Waals surface area contributed by atoms with Gasteiger partial charge in [0.1, 0.15) is 5.75 Å². The lowest BCUT2D eigenvalue weighted by atomic mass is 10.1. The van der Waals surface area contributed by atoms with E-state index in [0.29, 0.717) is 6.54 Å². The molecule has 0 atom stereocenters. The van der Waals surface area contributed by atoms with Gasteiger partial charge in [-0.1, -0.05) is 34.1 Å². The van der Waals surface area contributed by atoms with E-state index in [1.165, 1.54) is 0 Å². The molecule has 3 aromatic rings. The molecule has 0 radical (unpaired) electrons. The van der Waals surface area contributed by atoms with E-state index in [-0.39, 0.29) is 5.56 Å². The van der Waals surface area contributed by atoms with Crippen molar-refractivity contribution in [2.24, 2.45) is 0 Å². The van der Waals surface area contributed by atoms with Crippen LogP contribution in [0.2, 0.25) is 0 Å². The van der Waals surface area contributed by atoms with E-state index in [0.717, 1.165) is 26.7 Å². The Labute approximate surface area is 130 Å². The van der Waals surface area contributed by atoms with Crippen LogP contribution in [0.4, 0.5) is 0 Å². The Bertz CT molecular complexity index is 855. The van der Waals surface area contributed by atoms with Gasteiger partial charge >= 0.3 is 0 Å². The molecule has 0 spiro atoms. The monoisotopic (exact) mass is 343 g/mol. The van der Waals surface area contributed by atoms with E-state index in [2.05, 4.69) is 15.9 Å². The van der Waals surface area contributed by atoms with Crippen LogP contribution in [0.5, 0.6) is 5.75 Å². The molecule has 3 nitrogen and oxygen atoms in total. The third kappa shape index (κ3) is 2.72.